The third-order valence-electron chi connectivity index (χ3n) is 7.49. The zero-order chi connectivity index (χ0) is 26.6. The summed E-state index contributed by atoms with van der Waals surface area (Å²) < 4.78 is 6.11. The van der Waals surface area contributed by atoms with Gasteiger partial charge in [0.05, 0.1) is 10.6 Å². The zero-order valence-electron chi connectivity index (χ0n) is 22.2. The van der Waals surface area contributed by atoms with E-state index in [2.05, 4.69) is 61.5 Å². The molecular formula is C34H32N2O2S. The number of hydrogen-bond donors (Lipinski definition) is 0. The van der Waals surface area contributed by atoms with Gasteiger partial charge in [-0.1, -0.05) is 91.6 Å². The molecule has 0 bridgehead atoms. The molecule has 1 saturated heterocycles. The smallest absolute Gasteiger partial charge is 0.267 e. The molecule has 1 aliphatic heterocycles. The van der Waals surface area contributed by atoms with Crippen LogP contribution >= 0.6 is 11.8 Å². The maximum absolute atomic E-state index is 13.6. The van der Waals surface area contributed by atoms with Crippen LogP contribution in [0.1, 0.15) is 48.8 Å². The minimum Gasteiger partial charge on any atom is -0.489 e. The number of ether oxygens (including phenoxy) is 1. The highest BCUT2D eigenvalue weighted by atomic mass is 32.2. The van der Waals surface area contributed by atoms with E-state index in [4.69, 9.17) is 9.73 Å². The summed E-state index contributed by atoms with van der Waals surface area (Å²) in [6, 6.07) is 31.0. The first-order chi connectivity index (χ1) is 19.1. The van der Waals surface area contributed by atoms with Gasteiger partial charge in [-0.2, -0.15) is 0 Å². The standard InChI is InChI=1S/C34H32N2O2S/c1-24-14-18-28(19-15-24)35-34-36(29-11-3-2-4-12-29)33(37)32(39-34)22-25-16-20-30(21-17-25)38-23-27-10-7-9-26-8-5-6-13-31(26)27/h5-10,13-22,29H,2-4,11-12,23H2,1H3/b32-22+,35-34?. The summed E-state index contributed by atoms with van der Waals surface area (Å²) in [6.07, 6.45) is 7.62. The number of nitrogens with zero attached hydrogens (tertiary/aromatic N) is 2. The fraction of sp³-hybridized carbons (Fsp3) is 0.235. The van der Waals surface area contributed by atoms with E-state index in [1.165, 1.54) is 34.5 Å². The molecule has 1 amide bonds. The first kappa shape index (κ1) is 25.4. The summed E-state index contributed by atoms with van der Waals surface area (Å²) in [6.45, 7) is 2.57. The van der Waals surface area contributed by atoms with Crippen molar-refractivity contribution in [3.8, 4) is 5.75 Å². The number of carbonyl (C=O) groups excluding carboxylic acids is 1. The topological polar surface area (TPSA) is 41.9 Å². The van der Waals surface area contributed by atoms with Gasteiger partial charge in [0.1, 0.15) is 12.4 Å². The number of carbonyl (C=O) groups is 1. The van der Waals surface area contributed by atoms with Gasteiger partial charge in [-0.05, 0) is 83.8 Å². The molecule has 0 unspecified atom stereocenters. The largest absolute Gasteiger partial charge is 0.489 e. The van der Waals surface area contributed by atoms with Gasteiger partial charge in [-0.15, -0.1) is 0 Å². The first-order valence-corrected chi connectivity index (χ1v) is 14.5. The number of amides is 1. The molecule has 4 aromatic rings. The van der Waals surface area contributed by atoms with Crippen LogP contribution in [0.2, 0.25) is 0 Å². The van der Waals surface area contributed by atoms with Gasteiger partial charge in [0.15, 0.2) is 5.17 Å². The van der Waals surface area contributed by atoms with Gasteiger partial charge in [0.25, 0.3) is 5.91 Å². The Morgan fingerprint density at radius 1 is 0.897 bits per heavy atom. The van der Waals surface area contributed by atoms with E-state index in [9.17, 15) is 4.79 Å². The number of amidine groups is 1. The molecule has 0 atom stereocenters. The van der Waals surface area contributed by atoms with Crippen LogP contribution in [0.3, 0.4) is 0 Å². The summed E-state index contributed by atoms with van der Waals surface area (Å²) in [5.74, 6) is 0.870. The Kier molecular flexibility index (Phi) is 7.51. The highest BCUT2D eigenvalue weighted by molar-refractivity contribution is 8.18. The van der Waals surface area contributed by atoms with Crippen molar-refractivity contribution in [3.05, 3.63) is 113 Å². The maximum Gasteiger partial charge on any atom is 0.267 e. The molecule has 5 heteroatoms. The molecule has 1 heterocycles. The first-order valence-electron chi connectivity index (χ1n) is 13.7. The molecule has 1 saturated carbocycles. The second-order valence-corrected chi connectivity index (χ2v) is 11.3. The predicted molar refractivity (Wildman–Crippen MR) is 162 cm³/mol. The van der Waals surface area contributed by atoms with Crippen LogP contribution in [0.5, 0.6) is 5.75 Å². The monoisotopic (exact) mass is 532 g/mol. The lowest BCUT2D eigenvalue weighted by Crippen LogP contribution is -2.40. The summed E-state index contributed by atoms with van der Waals surface area (Å²) in [4.78, 5) is 21.2. The Balaban J connectivity index is 1.20. The third-order valence-corrected chi connectivity index (χ3v) is 8.47. The fourth-order valence-electron chi connectivity index (χ4n) is 5.35. The zero-order valence-corrected chi connectivity index (χ0v) is 23.0. The average Bonchev–Trinajstić information content (AvgIpc) is 3.28. The van der Waals surface area contributed by atoms with Crippen LogP contribution in [0.15, 0.2) is 101 Å². The van der Waals surface area contributed by atoms with Crippen molar-refractivity contribution < 1.29 is 9.53 Å². The molecule has 4 aromatic carbocycles. The molecular weight excluding hydrogens is 500 g/mol. The second-order valence-electron chi connectivity index (χ2n) is 10.3. The van der Waals surface area contributed by atoms with Crippen molar-refractivity contribution in [1.29, 1.82) is 0 Å². The lowest BCUT2D eigenvalue weighted by Gasteiger charge is -2.30. The van der Waals surface area contributed by atoms with Crippen molar-refractivity contribution in [2.45, 2.75) is 51.7 Å². The van der Waals surface area contributed by atoms with Crippen molar-refractivity contribution in [3.63, 3.8) is 0 Å². The number of fused-ring (bicyclic) bond motifs is 1. The Bertz CT molecular complexity index is 1530. The average molecular weight is 533 g/mol. The van der Waals surface area contributed by atoms with E-state index < -0.39 is 0 Å². The van der Waals surface area contributed by atoms with E-state index >= 15 is 0 Å². The minimum atomic E-state index is 0.0639. The molecule has 2 aliphatic rings. The van der Waals surface area contributed by atoms with E-state index in [0.717, 1.165) is 58.3 Å². The second kappa shape index (κ2) is 11.5. The summed E-state index contributed by atoms with van der Waals surface area (Å²) in [7, 11) is 0. The molecule has 0 radical (unpaired) electrons. The van der Waals surface area contributed by atoms with Crippen LogP contribution in [-0.2, 0) is 11.4 Å². The van der Waals surface area contributed by atoms with Gasteiger partial charge < -0.3 is 4.74 Å². The lowest BCUT2D eigenvalue weighted by molar-refractivity contribution is -0.124. The molecule has 6 rings (SSSR count). The number of benzene rings is 4. The maximum atomic E-state index is 13.6. The normalized spacial score (nSPS) is 18.4. The number of hydrogen-bond acceptors (Lipinski definition) is 4. The van der Waals surface area contributed by atoms with Crippen LogP contribution in [0, 0.1) is 6.92 Å². The van der Waals surface area contributed by atoms with Crippen molar-refractivity contribution in [1.82, 2.24) is 4.90 Å². The Hall–Kier alpha value is -3.83. The van der Waals surface area contributed by atoms with Gasteiger partial charge in [-0.25, -0.2) is 4.99 Å². The van der Waals surface area contributed by atoms with Crippen molar-refractivity contribution >= 4 is 45.4 Å². The SMILES string of the molecule is Cc1ccc(N=C2S/C(=C/c3ccc(OCc4cccc5ccccc45)cc3)C(=O)N2C2CCCCC2)cc1. The number of aliphatic imine (C=N–C) groups is 1. The third kappa shape index (κ3) is 5.79. The summed E-state index contributed by atoms with van der Waals surface area (Å²) in [5.41, 5.74) is 4.22. The van der Waals surface area contributed by atoms with Crippen LogP contribution in [0.4, 0.5) is 5.69 Å². The molecule has 4 nitrogen and oxygen atoms in total. The van der Waals surface area contributed by atoms with Crippen LogP contribution < -0.4 is 4.74 Å². The van der Waals surface area contributed by atoms with E-state index in [1.54, 1.807) is 0 Å². The Morgan fingerprint density at radius 2 is 1.64 bits per heavy atom. The molecule has 0 spiro atoms. The van der Waals surface area contributed by atoms with Gasteiger partial charge >= 0.3 is 0 Å². The predicted octanol–water partition coefficient (Wildman–Crippen LogP) is 8.66. The van der Waals surface area contributed by atoms with Crippen molar-refractivity contribution in [2.75, 3.05) is 0 Å². The molecule has 39 heavy (non-hydrogen) atoms. The van der Waals surface area contributed by atoms with E-state index in [-0.39, 0.29) is 11.9 Å². The van der Waals surface area contributed by atoms with E-state index in [0.29, 0.717) is 6.61 Å². The number of aryl methyl sites for hydroxylation is 1. The quantitative estimate of drug-likeness (QED) is 0.233. The van der Waals surface area contributed by atoms with Gasteiger partial charge in [0.2, 0.25) is 0 Å². The molecule has 2 fully saturated rings. The number of thioether (sulfide) groups is 1. The van der Waals surface area contributed by atoms with Gasteiger partial charge in [-0.3, -0.25) is 9.69 Å². The van der Waals surface area contributed by atoms with Crippen LogP contribution in [-0.4, -0.2) is 22.0 Å². The molecule has 0 N–H and O–H groups in total. The lowest BCUT2D eigenvalue weighted by atomic mass is 9.94. The van der Waals surface area contributed by atoms with Crippen LogP contribution in [0.25, 0.3) is 16.8 Å². The molecule has 0 aromatic heterocycles. The fourth-order valence-corrected chi connectivity index (χ4v) is 6.41. The van der Waals surface area contributed by atoms with Gasteiger partial charge in [0, 0.05) is 6.04 Å². The van der Waals surface area contributed by atoms with Crippen molar-refractivity contribution in [2.24, 2.45) is 4.99 Å². The number of rotatable bonds is 6. The highest BCUT2D eigenvalue weighted by Crippen LogP contribution is 2.38. The highest BCUT2D eigenvalue weighted by Gasteiger charge is 2.38. The minimum absolute atomic E-state index is 0.0639. The summed E-state index contributed by atoms with van der Waals surface area (Å²) >= 11 is 1.48. The molecule has 196 valence electrons. The van der Waals surface area contributed by atoms with E-state index in [1.807, 2.05) is 47.4 Å². The Labute approximate surface area is 234 Å². The molecule has 1 aliphatic carbocycles. The Morgan fingerprint density at radius 3 is 2.44 bits per heavy atom. The summed E-state index contributed by atoms with van der Waals surface area (Å²) in [5, 5.41) is 3.22.